The van der Waals surface area contributed by atoms with Gasteiger partial charge in [0.15, 0.2) is 5.76 Å². The summed E-state index contributed by atoms with van der Waals surface area (Å²) in [6, 6.07) is 10.3. The number of hydrogen-bond acceptors (Lipinski definition) is 5. The molecule has 1 aliphatic heterocycles. The minimum absolute atomic E-state index is 0.102. The Balaban J connectivity index is 1.49. The second-order valence-corrected chi connectivity index (χ2v) is 8.16. The molecule has 2 aromatic carbocycles. The Morgan fingerprint density at radius 1 is 1.21 bits per heavy atom. The molecule has 33 heavy (non-hydrogen) atoms. The van der Waals surface area contributed by atoms with Crippen LogP contribution in [0.5, 0.6) is 0 Å². The Bertz CT molecular complexity index is 1240. The first-order valence-electron chi connectivity index (χ1n) is 10.3. The van der Waals surface area contributed by atoms with Crippen molar-refractivity contribution in [1.29, 1.82) is 0 Å². The highest BCUT2D eigenvalue weighted by Crippen LogP contribution is 2.32. The van der Waals surface area contributed by atoms with E-state index in [2.05, 4.69) is 10.6 Å². The van der Waals surface area contributed by atoms with Crippen molar-refractivity contribution < 1.29 is 28.3 Å². The molecule has 1 atom stereocenters. The number of rotatable bonds is 6. The number of nitrogens with zero attached hydrogens (tertiary/aromatic N) is 1. The predicted molar refractivity (Wildman–Crippen MR) is 119 cm³/mol. The van der Waals surface area contributed by atoms with Crippen LogP contribution in [0.3, 0.4) is 0 Å². The summed E-state index contributed by atoms with van der Waals surface area (Å²) in [6.07, 6.45) is -0.116. The van der Waals surface area contributed by atoms with Crippen molar-refractivity contribution in [1.82, 2.24) is 10.6 Å². The number of fused-ring (bicyclic) bond motifs is 1. The zero-order valence-corrected chi connectivity index (χ0v) is 18.4. The number of amides is 3. The summed E-state index contributed by atoms with van der Waals surface area (Å²) < 4.78 is 19.0. The molecule has 3 N–H and O–H groups in total. The number of hydrogen-bond donors (Lipinski definition) is 3. The van der Waals surface area contributed by atoms with Crippen molar-refractivity contribution >= 4 is 46.0 Å². The van der Waals surface area contributed by atoms with Crippen molar-refractivity contribution in [2.75, 3.05) is 18.0 Å². The van der Waals surface area contributed by atoms with Gasteiger partial charge in [-0.15, -0.1) is 0 Å². The van der Waals surface area contributed by atoms with Gasteiger partial charge in [0.05, 0.1) is 0 Å². The predicted octanol–water partition coefficient (Wildman–Crippen LogP) is 2.76. The molecule has 0 spiro atoms. The Morgan fingerprint density at radius 2 is 2.00 bits per heavy atom. The number of carbonyl (C=O) groups is 3. The van der Waals surface area contributed by atoms with Gasteiger partial charge >= 0.3 is 0 Å². The average molecular weight is 474 g/mol. The van der Waals surface area contributed by atoms with Crippen LogP contribution in [0.15, 0.2) is 46.9 Å². The first kappa shape index (κ1) is 22.8. The van der Waals surface area contributed by atoms with E-state index in [4.69, 9.17) is 16.0 Å². The SMILES string of the molecule is CCNC(=O)c1cc2cc(N3CCC(O)(C(=O)NCc4cc(F)cc(Cl)c4)C3=O)ccc2o1. The van der Waals surface area contributed by atoms with E-state index in [0.717, 1.165) is 6.07 Å². The molecule has 0 bridgehead atoms. The molecule has 1 fully saturated rings. The van der Waals surface area contributed by atoms with E-state index in [-0.39, 0.29) is 36.2 Å². The monoisotopic (exact) mass is 473 g/mol. The Morgan fingerprint density at radius 3 is 2.73 bits per heavy atom. The summed E-state index contributed by atoms with van der Waals surface area (Å²) >= 11 is 5.81. The largest absolute Gasteiger partial charge is 0.451 e. The molecule has 172 valence electrons. The van der Waals surface area contributed by atoms with E-state index in [1.54, 1.807) is 31.2 Å². The molecule has 1 saturated heterocycles. The molecule has 0 radical (unpaired) electrons. The summed E-state index contributed by atoms with van der Waals surface area (Å²) in [5.74, 6) is -2.41. The highest BCUT2D eigenvalue weighted by Gasteiger charge is 2.51. The van der Waals surface area contributed by atoms with Gasteiger partial charge in [0.1, 0.15) is 11.4 Å². The number of anilines is 1. The number of aliphatic hydroxyl groups is 1. The first-order chi connectivity index (χ1) is 15.7. The maximum absolute atomic E-state index is 13.5. The topological polar surface area (TPSA) is 112 Å². The number of halogens is 2. The van der Waals surface area contributed by atoms with E-state index in [0.29, 0.717) is 28.8 Å². The van der Waals surface area contributed by atoms with Gasteiger partial charge in [-0.1, -0.05) is 11.6 Å². The fourth-order valence-electron chi connectivity index (χ4n) is 3.76. The van der Waals surface area contributed by atoms with E-state index < -0.39 is 23.2 Å². The van der Waals surface area contributed by atoms with Gasteiger partial charge in [-0.25, -0.2) is 4.39 Å². The van der Waals surface area contributed by atoms with E-state index >= 15 is 0 Å². The van der Waals surface area contributed by atoms with Crippen molar-refractivity contribution in [3.8, 4) is 0 Å². The minimum Gasteiger partial charge on any atom is -0.451 e. The molecule has 3 aromatic rings. The van der Waals surface area contributed by atoms with Gasteiger partial charge in [-0.3, -0.25) is 14.4 Å². The van der Waals surface area contributed by atoms with E-state index in [1.165, 1.54) is 17.0 Å². The Hall–Kier alpha value is -3.43. The second-order valence-electron chi connectivity index (χ2n) is 7.72. The summed E-state index contributed by atoms with van der Waals surface area (Å²) in [6.45, 7) is 2.26. The smallest absolute Gasteiger partial charge is 0.287 e. The van der Waals surface area contributed by atoms with Crippen LogP contribution in [0.25, 0.3) is 11.0 Å². The quantitative estimate of drug-likeness (QED) is 0.477. The van der Waals surface area contributed by atoms with Crippen molar-refractivity contribution in [3.05, 3.63) is 64.6 Å². The summed E-state index contributed by atoms with van der Waals surface area (Å²) in [4.78, 5) is 38.9. The molecule has 8 nitrogen and oxygen atoms in total. The van der Waals surface area contributed by atoms with Crippen molar-refractivity contribution in [2.45, 2.75) is 25.5 Å². The molecular formula is C23H21ClFN3O5. The number of carbonyl (C=O) groups excluding carboxylic acids is 3. The molecule has 1 aliphatic rings. The molecule has 10 heteroatoms. The van der Waals surface area contributed by atoms with Crippen LogP contribution in [0, 0.1) is 5.82 Å². The third kappa shape index (κ3) is 4.42. The van der Waals surface area contributed by atoms with Crippen LogP contribution in [-0.2, 0) is 16.1 Å². The van der Waals surface area contributed by atoms with Crippen LogP contribution in [0.1, 0.15) is 29.5 Å². The summed E-state index contributed by atoms with van der Waals surface area (Å²) in [5.41, 5.74) is -0.938. The fourth-order valence-corrected chi connectivity index (χ4v) is 4.01. The van der Waals surface area contributed by atoms with Gasteiger partial charge in [-0.2, -0.15) is 0 Å². The lowest BCUT2D eigenvalue weighted by Crippen LogP contribution is -2.52. The van der Waals surface area contributed by atoms with Gasteiger partial charge in [0, 0.05) is 42.2 Å². The van der Waals surface area contributed by atoms with E-state index in [9.17, 15) is 23.9 Å². The third-order valence-electron chi connectivity index (χ3n) is 5.42. The van der Waals surface area contributed by atoms with Crippen LogP contribution in [0.4, 0.5) is 10.1 Å². The van der Waals surface area contributed by atoms with Gasteiger partial charge < -0.3 is 25.1 Å². The number of benzene rings is 2. The maximum Gasteiger partial charge on any atom is 0.287 e. The third-order valence-corrected chi connectivity index (χ3v) is 5.64. The summed E-state index contributed by atoms with van der Waals surface area (Å²) in [5, 5.41) is 16.7. The lowest BCUT2D eigenvalue weighted by atomic mass is 10.0. The van der Waals surface area contributed by atoms with Crippen LogP contribution in [-0.4, -0.2) is 41.5 Å². The molecule has 0 aliphatic carbocycles. The highest BCUT2D eigenvalue weighted by atomic mass is 35.5. The normalized spacial score (nSPS) is 18.1. The Kier molecular flexibility index (Phi) is 6.09. The minimum atomic E-state index is -2.26. The van der Waals surface area contributed by atoms with E-state index in [1.807, 2.05) is 0 Å². The van der Waals surface area contributed by atoms with Gasteiger partial charge in [-0.05, 0) is 55.0 Å². The zero-order valence-electron chi connectivity index (χ0n) is 17.7. The van der Waals surface area contributed by atoms with Gasteiger partial charge in [0.2, 0.25) is 5.60 Å². The molecule has 2 heterocycles. The molecule has 1 unspecified atom stereocenters. The second kappa shape index (κ2) is 8.84. The van der Waals surface area contributed by atoms with Crippen molar-refractivity contribution in [3.63, 3.8) is 0 Å². The fraction of sp³-hybridized carbons (Fsp3) is 0.261. The standard InChI is InChI=1S/C23H21ClFN3O5/c1-2-26-20(29)19-10-14-9-17(3-4-18(14)33-19)28-6-5-23(32,22(28)31)21(30)27-12-13-7-15(24)11-16(25)8-13/h3-4,7-11,32H,2,5-6,12H2,1H3,(H,26,29)(H,27,30). The van der Waals surface area contributed by atoms with Crippen LogP contribution < -0.4 is 15.5 Å². The number of furan rings is 1. The summed E-state index contributed by atoms with van der Waals surface area (Å²) in [7, 11) is 0. The molecular weight excluding hydrogens is 453 g/mol. The van der Waals surface area contributed by atoms with Crippen LogP contribution in [0.2, 0.25) is 5.02 Å². The zero-order chi connectivity index (χ0) is 23.8. The molecule has 1 aromatic heterocycles. The number of nitrogens with one attached hydrogen (secondary N) is 2. The highest BCUT2D eigenvalue weighted by molar-refractivity contribution is 6.30. The molecule has 3 amide bonds. The van der Waals surface area contributed by atoms with Gasteiger partial charge in [0.25, 0.3) is 17.7 Å². The van der Waals surface area contributed by atoms with Crippen LogP contribution >= 0.6 is 11.6 Å². The lowest BCUT2D eigenvalue weighted by molar-refractivity contribution is -0.149. The Labute approximate surface area is 193 Å². The molecule has 0 saturated carbocycles. The first-order valence-corrected chi connectivity index (χ1v) is 10.7. The maximum atomic E-state index is 13.5. The molecule has 4 rings (SSSR count). The average Bonchev–Trinajstić information content (AvgIpc) is 3.33. The lowest BCUT2D eigenvalue weighted by Gasteiger charge is -2.22. The van der Waals surface area contributed by atoms with Crippen molar-refractivity contribution in [2.24, 2.45) is 0 Å².